The van der Waals surface area contributed by atoms with E-state index in [0.717, 1.165) is 37.5 Å². The van der Waals surface area contributed by atoms with Crippen LogP contribution in [0.3, 0.4) is 0 Å². The van der Waals surface area contributed by atoms with Crippen LogP contribution in [0.25, 0.3) is 0 Å². The molecular weight excluding hydrogens is 324 g/mol. The number of ether oxygens (including phenoxy) is 1. The van der Waals surface area contributed by atoms with Crippen LogP contribution >= 0.6 is 0 Å². The Bertz CT molecular complexity index is 779. The SMILES string of the molecule is Cc1ccccc1O[C@H](C)C(=O)N1CCN(c2cccc(C)c2C)CC1. The van der Waals surface area contributed by atoms with E-state index in [-0.39, 0.29) is 5.91 Å². The van der Waals surface area contributed by atoms with E-state index in [1.807, 2.05) is 43.0 Å². The first-order chi connectivity index (χ1) is 12.5. The predicted octanol–water partition coefficient (Wildman–Crippen LogP) is 3.73. The Morgan fingerprint density at radius 1 is 0.923 bits per heavy atom. The molecule has 4 heteroatoms. The molecule has 2 aromatic carbocycles. The molecule has 1 atom stereocenters. The van der Waals surface area contributed by atoms with Crippen molar-refractivity contribution >= 4 is 11.6 Å². The lowest BCUT2D eigenvalue weighted by Gasteiger charge is -2.38. The first-order valence-corrected chi connectivity index (χ1v) is 9.29. The van der Waals surface area contributed by atoms with E-state index in [9.17, 15) is 4.79 Å². The summed E-state index contributed by atoms with van der Waals surface area (Å²) in [5.74, 6) is 0.844. The fourth-order valence-electron chi connectivity index (χ4n) is 3.43. The topological polar surface area (TPSA) is 32.8 Å². The summed E-state index contributed by atoms with van der Waals surface area (Å²) in [6.07, 6.45) is -0.469. The van der Waals surface area contributed by atoms with Crippen molar-refractivity contribution in [2.24, 2.45) is 0 Å². The molecular formula is C22H28N2O2. The van der Waals surface area contributed by atoms with Gasteiger partial charge in [-0.25, -0.2) is 0 Å². The number of hydrogen-bond acceptors (Lipinski definition) is 3. The van der Waals surface area contributed by atoms with Gasteiger partial charge in [0, 0.05) is 31.9 Å². The van der Waals surface area contributed by atoms with Gasteiger partial charge in [-0.1, -0.05) is 30.3 Å². The van der Waals surface area contributed by atoms with Crippen molar-refractivity contribution in [2.75, 3.05) is 31.1 Å². The number of rotatable bonds is 4. The third kappa shape index (κ3) is 3.85. The van der Waals surface area contributed by atoms with E-state index < -0.39 is 6.10 Å². The van der Waals surface area contributed by atoms with Crippen molar-refractivity contribution in [3.8, 4) is 5.75 Å². The van der Waals surface area contributed by atoms with E-state index in [1.54, 1.807) is 0 Å². The van der Waals surface area contributed by atoms with Crippen LogP contribution in [0.1, 0.15) is 23.6 Å². The lowest BCUT2D eigenvalue weighted by atomic mass is 10.1. The van der Waals surface area contributed by atoms with Gasteiger partial charge in [0.05, 0.1) is 0 Å². The van der Waals surface area contributed by atoms with Crippen LogP contribution in [0.4, 0.5) is 5.69 Å². The van der Waals surface area contributed by atoms with Gasteiger partial charge in [-0.05, 0) is 56.5 Å². The molecule has 1 aliphatic rings. The van der Waals surface area contributed by atoms with E-state index in [1.165, 1.54) is 16.8 Å². The molecule has 0 saturated carbocycles. The fourth-order valence-corrected chi connectivity index (χ4v) is 3.43. The molecule has 1 heterocycles. The summed E-state index contributed by atoms with van der Waals surface area (Å²) in [6, 6.07) is 14.2. The van der Waals surface area contributed by atoms with Crippen molar-refractivity contribution in [3.63, 3.8) is 0 Å². The van der Waals surface area contributed by atoms with E-state index in [2.05, 4.69) is 36.9 Å². The predicted molar refractivity (Wildman–Crippen MR) is 106 cm³/mol. The lowest BCUT2D eigenvalue weighted by molar-refractivity contribution is -0.138. The minimum atomic E-state index is -0.469. The zero-order chi connectivity index (χ0) is 18.7. The molecule has 26 heavy (non-hydrogen) atoms. The molecule has 0 unspecified atom stereocenters. The molecule has 0 N–H and O–H groups in total. The van der Waals surface area contributed by atoms with Crippen LogP contribution in [0.2, 0.25) is 0 Å². The molecule has 3 rings (SSSR count). The largest absolute Gasteiger partial charge is 0.481 e. The van der Waals surface area contributed by atoms with Gasteiger partial charge in [0.2, 0.25) is 0 Å². The van der Waals surface area contributed by atoms with Crippen molar-refractivity contribution in [1.82, 2.24) is 4.90 Å². The second-order valence-electron chi connectivity index (χ2n) is 7.06. The Morgan fingerprint density at radius 3 is 2.27 bits per heavy atom. The van der Waals surface area contributed by atoms with Crippen LogP contribution < -0.4 is 9.64 Å². The summed E-state index contributed by atoms with van der Waals surface area (Å²) in [5, 5.41) is 0. The molecule has 0 aliphatic carbocycles. The molecule has 0 aromatic heterocycles. The minimum absolute atomic E-state index is 0.0638. The number of amides is 1. The van der Waals surface area contributed by atoms with Gasteiger partial charge in [-0.15, -0.1) is 0 Å². The molecule has 2 aromatic rings. The summed E-state index contributed by atoms with van der Waals surface area (Å²) < 4.78 is 5.90. The molecule has 1 amide bonds. The zero-order valence-electron chi connectivity index (χ0n) is 16.2. The molecule has 0 bridgehead atoms. The number of para-hydroxylation sites is 1. The van der Waals surface area contributed by atoms with Crippen LogP contribution in [-0.2, 0) is 4.79 Å². The monoisotopic (exact) mass is 352 g/mol. The van der Waals surface area contributed by atoms with E-state index in [4.69, 9.17) is 4.74 Å². The average Bonchev–Trinajstić information content (AvgIpc) is 2.65. The Hall–Kier alpha value is -2.49. The summed E-state index contributed by atoms with van der Waals surface area (Å²) >= 11 is 0. The summed E-state index contributed by atoms with van der Waals surface area (Å²) in [4.78, 5) is 17.1. The number of anilines is 1. The maximum Gasteiger partial charge on any atom is 0.263 e. The van der Waals surface area contributed by atoms with Crippen molar-refractivity contribution < 1.29 is 9.53 Å². The van der Waals surface area contributed by atoms with Gasteiger partial charge >= 0.3 is 0 Å². The molecule has 1 saturated heterocycles. The highest BCUT2D eigenvalue weighted by molar-refractivity contribution is 5.81. The van der Waals surface area contributed by atoms with Crippen LogP contribution in [0.5, 0.6) is 5.75 Å². The highest BCUT2D eigenvalue weighted by Gasteiger charge is 2.26. The summed E-state index contributed by atoms with van der Waals surface area (Å²) in [7, 11) is 0. The van der Waals surface area contributed by atoms with Gasteiger partial charge in [0.15, 0.2) is 6.10 Å². The fraction of sp³-hybridized carbons (Fsp3) is 0.409. The molecule has 1 fully saturated rings. The second-order valence-corrected chi connectivity index (χ2v) is 7.06. The van der Waals surface area contributed by atoms with E-state index in [0.29, 0.717) is 0 Å². The van der Waals surface area contributed by atoms with Crippen LogP contribution in [0.15, 0.2) is 42.5 Å². The average molecular weight is 352 g/mol. The van der Waals surface area contributed by atoms with E-state index >= 15 is 0 Å². The number of hydrogen-bond donors (Lipinski definition) is 0. The zero-order valence-corrected chi connectivity index (χ0v) is 16.2. The molecule has 1 aliphatic heterocycles. The summed E-state index contributed by atoms with van der Waals surface area (Å²) in [6.45, 7) is 11.3. The van der Waals surface area contributed by atoms with Gasteiger partial charge in [0.1, 0.15) is 5.75 Å². The maximum absolute atomic E-state index is 12.8. The molecule has 0 radical (unpaired) electrons. The Morgan fingerprint density at radius 2 is 1.58 bits per heavy atom. The van der Waals surface area contributed by atoms with Crippen LogP contribution in [-0.4, -0.2) is 43.1 Å². The standard InChI is InChI=1S/C22H28N2O2/c1-16-9-7-10-20(18(16)3)23-12-14-24(15-13-23)22(25)19(4)26-21-11-6-5-8-17(21)2/h5-11,19H,12-15H2,1-4H3/t19-/m1/s1. The Kier molecular flexibility index (Phi) is 5.50. The normalized spacial score (nSPS) is 15.7. The first kappa shape index (κ1) is 18.3. The number of carbonyl (C=O) groups is 1. The van der Waals surface area contributed by atoms with Gasteiger partial charge < -0.3 is 14.5 Å². The number of carbonyl (C=O) groups excluding carboxylic acids is 1. The van der Waals surface area contributed by atoms with Gasteiger partial charge in [-0.3, -0.25) is 4.79 Å². The molecule has 138 valence electrons. The highest BCUT2D eigenvalue weighted by atomic mass is 16.5. The van der Waals surface area contributed by atoms with Gasteiger partial charge in [0.25, 0.3) is 5.91 Å². The Balaban J connectivity index is 1.60. The minimum Gasteiger partial charge on any atom is -0.481 e. The lowest BCUT2D eigenvalue weighted by Crippen LogP contribution is -2.52. The number of nitrogens with zero attached hydrogens (tertiary/aromatic N) is 2. The highest BCUT2D eigenvalue weighted by Crippen LogP contribution is 2.24. The number of piperazine rings is 1. The molecule has 4 nitrogen and oxygen atoms in total. The van der Waals surface area contributed by atoms with Gasteiger partial charge in [-0.2, -0.15) is 0 Å². The van der Waals surface area contributed by atoms with Crippen molar-refractivity contribution in [3.05, 3.63) is 59.2 Å². The van der Waals surface area contributed by atoms with Crippen LogP contribution in [0, 0.1) is 20.8 Å². The third-order valence-electron chi connectivity index (χ3n) is 5.25. The third-order valence-corrected chi connectivity index (χ3v) is 5.25. The van der Waals surface area contributed by atoms with Crippen molar-refractivity contribution in [2.45, 2.75) is 33.8 Å². The maximum atomic E-state index is 12.8. The Labute approximate surface area is 156 Å². The molecule has 0 spiro atoms. The van der Waals surface area contributed by atoms with Crippen molar-refractivity contribution in [1.29, 1.82) is 0 Å². The number of aryl methyl sites for hydroxylation is 2. The first-order valence-electron chi connectivity index (χ1n) is 9.29. The smallest absolute Gasteiger partial charge is 0.263 e. The number of benzene rings is 2. The summed E-state index contributed by atoms with van der Waals surface area (Å²) in [5.41, 5.74) is 4.96. The second kappa shape index (κ2) is 7.81. The quantitative estimate of drug-likeness (QED) is 0.841.